The van der Waals surface area contributed by atoms with Gasteiger partial charge in [0.25, 0.3) is 0 Å². The van der Waals surface area contributed by atoms with E-state index in [2.05, 4.69) is 15.5 Å². The highest BCUT2D eigenvalue weighted by molar-refractivity contribution is 5.88. The average Bonchev–Trinajstić information content (AvgIpc) is 2.67. The summed E-state index contributed by atoms with van der Waals surface area (Å²) >= 11 is 0. The number of rotatable bonds is 2. The van der Waals surface area contributed by atoms with E-state index in [1.54, 1.807) is 6.07 Å². The van der Waals surface area contributed by atoms with Crippen molar-refractivity contribution in [1.29, 1.82) is 0 Å². The highest BCUT2D eigenvalue weighted by Crippen LogP contribution is 2.18. The molecular weight excluding hydrogens is 190 g/mol. The Balaban J connectivity index is 2.24. The summed E-state index contributed by atoms with van der Waals surface area (Å²) in [5.41, 5.74) is 1.93. The third-order valence-electron chi connectivity index (χ3n) is 1.97. The van der Waals surface area contributed by atoms with Crippen LogP contribution >= 0.6 is 0 Å². The molecule has 1 heterocycles. The maximum atomic E-state index is 10.8. The highest BCUT2D eigenvalue weighted by atomic mass is 16.1. The second-order valence-electron chi connectivity index (χ2n) is 3.21. The van der Waals surface area contributed by atoms with Gasteiger partial charge in [0.1, 0.15) is 0 Å². The molecule has 2 N–H and O–H groups in total. The van der Waals surface area contributed by atoms with Gasteiger partial charge in [-0.05, 0) is 5.56 Å². The first-order valence-corrected chi connectivity index (χ1v) is 4.64. The van der Waals surface area contributed by atoms with E-state index in [1.165, 1.54) is 6.92 Å². The molecule has 2 aromatic rings. The average molecular weight is 201 g/mol. The molecule has 0 aliphatic carbocycles. The molecule has 0 unspecified atom stereocenters. The second kappa shape index (κ2) is 3.96. The Hall–Kier alpha value is -2.10. The molecule has 4 heteroatoms. The van der Waals surface area contributed by atoms with Crippen molar-refractivity contribution >= 4 is 11.7 Å². The Labute approximate surface area is 87.3 Å². The minimum absolute atomic E-state index is 0.124. The lowest BCUT2D eigenvalue weighted by atomic mass is 10.2. The van der Waals surface area contributed by atoms with Gasteiger partial charge in [-0.15, -0.1) is 0 Å². The molecule has 0 atom stereocenters. The summed E-state index contributed by atoms with van der Waals surface area (Å²) in [5.74, 6) is 0.419. The molecule has 0 saturated carbocycles. The largest absolute Gasteiger partial charge is 0.309 e. The fourth-order valence-electron chi connectivity index (χ4n) is 1.33. The Morgan fingerprint density at radius 1 is 1.33 bits per heavy atom. The Morgan fingerprint density at radius 2 is 2.07 bits per heavy atom. The van der Waals surface area contributed by atoms with Gasteiger partial charge < -0.3 is 5.32 Å². The van der Waals surface area contributed by atoms with E-state index < -0.39 is 0 Å². The summed E-state index contributed by atoms with van der Waals surface area (Å²) in [5, 5.41) is 9.45. The van der Waals surface area contributed by atoms with E-state index in [0.717, 1.165) is 11.3 Å². The van der Waals surface area contributed by atoms with Crippen molar-refractivity contribution in [2.45, 2.75) is 6.92 Å². The van der Waals surface area contributed by atoms with Gasteiger partial charge >= 0.3 is 0 Å². The standard InChI is InChI=1S/C11H11N3O/c1-8(15)12-11-7-10(13-14-11)9-5-3-2-4-6-9/h2-7H,1H3,(H2,12,13,14,15). The van der Waals surface area contributed by atoms with Crippen molar-refractivity contribution < 1.29 is 4.79 Å². The number of carbonyl (C=O) groups excluding carboxylic acids is 1. The van der Waals surface area contributed by atoms with Gasteiger partial charge in [0.2, 0.25) is 5.91 Å². The van der Waals surface area contributed by atoms with Crippen LogP contribution in [0.15, 0.2) is 36.4 Å². The topological polar surface area (TPSA) is 57.8 Å². The van der Waals surface area contributed by atoms with Crippen molar-refractivity contribution in [2.24, 2.45) is 0 Å². The fraction of sp³-hybridized carbons (Fsp3) is 0.0909. The number of aromatic nitrogens is 2. The minimum Gasteiger partial charge on any atom is -0.309 e. The van der Waals surface area contributed by atoms with Crippen LogP contribution in [-0.2, 0) is 4.79 Å². The quantitative estimate of drug-likeness (QED) is 0.781. The molecular formula is C11H11N3O. The lowest BCUT2D eigenvalue weighted by molar-refractivity contribution is -0.114. The van der Waals surface area contributed by atoms with E-state index >= 15 is 0 Å². The third kappa shape index (κ3) is 2.22. The van der Waals surface area contributed by atoms with Gasteiger partial charge in [-0.2, -0.15) is 5.10 Å². The molecule has 1 aromatic heterocycles. The molecule has 0 fully saturated rings. The van der Waals surface area contributed by atoms with Crippen molar-refractivity contribution in [3.05, 3.63) is 36.4 Å². The summed E-state index contributed by atoms with van der Waals surface area (Å²) in [6.07, 6.45) is 0. The lowest BCUT2D eigenvalue weighted by Crippen LogP contribution is -2.05. The zero-order chi connectivity index (χ0) is 10.7. The number of carbonyl (C=O) groups is 1. The molecule has 2 rings (SSSR count). The third-order valence-corrected chi connectivity index (χ3v) is 1.97. The number of nitrogens with zero attached hydrogens (tertiary/aromatic N) is 1. The van der Waals surface area contributed by atoms with Gasteiger partial charge in [-0.1, -0.05) is 30.3 Å². The van der Waals surface area contributed by atoms with E-state index in [9.17, 15) is 4.79 Å². The Morgan fingerprint density at radius 3 is 2.73 bits per heavy atom. The van der Waals surface area contributed by atoms with E-state index in [4.69, 9.17) is 0 Å². The van der Waals surface area contributed by atoms with Crippen LogP contribution in [-0.4, -0.2) is 16.1 Å². The van der Waals surface area contributed by atoms with E-state index in [1.807, 2.05) is 30.3 Å². The maximum Gasteiger partial charge on any atom is 0.222 e. The normalized spacial score (nSPS) is 9.93. The van der Waals surface area contributed by atoms with Crippen LogP contribution in [0.5, 0.6) is 0 Å². The number of anilines is 1. The van der Waals surface area contributed by atoms with E-state index in [-0.39, 0.29) is 5.91 Å². The van der Waals surface area contributed by atoms with Crippen LogP contribution in [0, 0.1) is 0 Å². The molecule has 0 radical (unpaired) electrons. The van der Waals surface area contributed by atoms with Crippen LogP contribution in [0.4, 0.5) is 5.82 Å². The van der Waals surface area contributed by atoms with Crippen LogP contribution in [0.2, 0.25) is 0 Å². The Kier molecular flexibility index (Phi) is 2.49. The summed E-state index contributed by atoms with van der Waals surface area (Å²) in [7, 11) is 0. The first-order valence-electron chi connectivity index (χ1n) is 4.64. The number of nitrogens with one attached hydrogen (secondary N) is 2. The van der Waals surface area contributed by atoms with Crippen molar-refractivity contribution in [3.8, 4) is 11.3 Å². The fourth-order valence-corrected chi connectivity index (χ4v) is 1.33. The second-order valence-corrected chi connectivity index (χ2v) is 3.21. The smallest absolute Gasteiger partial charge is 0.222 e. The van der Waals surface area contributed by atoms with Gasteiger partial charge in [0.05, 0.1) is 5.69 Å². The molecule has 1 aromatic carbocycles. The summed E-state index contributed by atoms with van der Waals surface area (Å²) in [4.78, 5) is 10.8. The predicted molar refractivity (Wildman–Crippen MR) is 58.3 cm³/mol. The zero-order valence-corrected chi connectivity index (χ0v) is 8.32. The first-order chi connectivity index (χ1) is 7.25. The number of hydrogen-bond donors (Lipinski definition) is 2. The van der Waals surface area contributed by atoms with Crippen LogP contribution < -0.4 is 5.32 Å². The number of benzene rings is 1. The molecule has 76 valence electrons. The number of amides is 1. The molecule has 4 nitrogen and oxygen atoms in total. The van der Waals surface area contributed by atoms with Crippen molar-refractivity contribution in [2.75, 3.05) is 5.32 Å². The van der Waals surface area contributed by atoms with Gasteiger partial charge in [0.15, 0.2) is 5.82 Å². The monoisotopic (exact) mass is 201 g/mol. The lowest BCUT2D eigenvalue weighted by Gasteiger charge is -1.94. The van der Waals surface area contributed by atoms with Gasteiger partial charge in [0, 0.05) is 13.0 Å². The molecule has 0 aliphatic rings. The van der Waals surface area contributed by atoms with Crippen molar-refractivity contribution in [3.63, 3.8) is 0 Å². The Bertz CT molecular complexity index is 462. The molecule has 0 aliphatic heterocycles. The molecule has 0 bridgehead atoms. The van der Waals surface area contributed by atoms with Crippen LogP contribution in [0.1, 0.15) is 6.92 Å². The SMILES string of the molecule is CC(=O)Nc1cc(-c2ccccc2)[nH]n1. The van der Waals surface area contributed by atoms with Gasteiger partial charge in [-0.3, -0.25) is 9.89 Å². The van der Waals surface area contributed by atoms with Crippen LogP contribution in [0.3, 0.4) is 0 Å². The number of hydrogen-bond acceptors (Lipinski definition) is 2. The molecule has 0 saturated heterocycles. The first kappa shape index (κ1) is 9.45. The summed E-state index contributed by atoms with van der Waals surface area (Å²) in [6.45, 7) is 1.46. The van der Waals surface area contributed by atoms with Crippen molar-refractivity contribution in [1.82, 2.24) is 10.2 Å². The highest BCUT2D eigenvalue weighted by Gasteiger charge is 2.03. The van der Waals surface area contributed by atoms with Crippen LogP contribution in [0.25, 0.3) is 11.3 Å². The predicted octanol–water partition coefficient (Wildman–Crippen LogP) is 2.04. The minimum atomic E-state index is -0.124. The zero-order valence-electron chi connectivity index (χ0n) is 8.32. The summed E-state index contributed by atoms with van der Waals surface area (Å²) in [6, 6.07) is 11.6. The van der Waals surface area contributed by atoms with Gasteiger partial charge in [-0.25, -0.2) is 0 Å². The maximum absolute atomic E-state index is 10.8. The number of aromatic amines is 1. The number of H-pyrrole nitrogens is 1. The van der Waals surface area contributed by atoms with E-state index in [0.29, 0.717) is 5.82 Å². The summed E-state index contributed by atoms with van der Waals surface area (Å²) < 4.78 is 0. The molecule has 0 spiro atoms. The molecule has 1 amide bonds. The molecule has 15 heavy (non-hydrogen) atoms.